The van der Waals surface area contributed by atoms with Gasteiger partial charge in [-0.15, -0.1) is 11.3 Å². The average molecular weight is 357 g/mol. The summed E-state index contributed by atoms with van der Waals surface area (Å²) < 4.78 is 14.0. The van der Waals surface area contributed by atoms with E-state index in [1.807, 2.05) is 18.5 Å². The van der Waals surface area contributed by atoms with Crippen LogP contribution < -0.4 is 5.32 Å². The fraction of sp³-hybridized carbons (Fsp3) is 0.400. The summed E-state index contributed by atoms with van der Waals surface area (Å²) in [4.78, 5) is 5.59. The van der Waals surface area contributed by atoms with Crippen LogP contribution in [0.25, 0.3) is 0 Å². The predicted octanol–water partition coefficient (Wildman–Crippen LogP) is 4.64. The van der Waals surface area contributed by atoms with Gasteiger partial charge in [-0.05, 0) is 44.0 Å². The lowest BCUT2D eigenvalue weighted by atomic mass is 10.0. The molecule has 1 unspecified atom stereocenters. The number of aromatic nitrogens is 1. The maximum Gasteiger partial charge on any atom is 0.124 e. The van der Waals surface area contributed by atoms with E-state index in [9.17, 15) is 4.39 Å². The lowest BCUT2D eigenvalue weighted by molar-refractivity contribution is 0.532. The first-order valence-electron chi connectivity index (χ1n) is 6.69. The van der Waals surface area contributed by atoms with Crippen LogP contribution in [0.5, 0.6) is 0 Å². The average Bonchev–Trinajstić information content (AvgIpc) is 2.83. The molecular weight excluding hydrogens is 339 g/mol. The summed E-state index contributed by atoms with van der Waals surface area (Å²) in [6.07, 6.45) is 1.91. The van der Waals surface area contributed by atoms with Crippen LogP contribution in [0.15, 0.2) is 28.2 Å². The molecule has 1 N–H and O–H groups in total. The van der Waals surface area contributed by atoms with Gasteiger partial charge in [-0.2, -0.15) is 0 Å². The van der Waals surface area contributed by atoms with E-state index in [-0.39, 0.29) is 11.9 Å². The Labute approximate surface area is 131 Å². The number of nitrogens with one attached hydrogen (secondary N) is 1. The Morgan fingerprint density at radius 2 is 2.25 bits per heavy atom. The van der Waals surface area contributed by atoms with Crippen molar-refractivity contribution < 1.29 is 4.39 Å². The van der Waals surface area contributed by atoms with Gasteiger partial charge < -0.3 is 5.32 Å². The van der Waals surface area contributed by atoms with Gasteiger partial charge in [-0.3, -0.25) is 0 Å². The molecule has 20 heavy (non-hydrogen) atoms. The standard InChI is InChI=1S/C15H18BrFN2S/c1-3-6-18-14(15-10(2)19-9-20-15)7-11-4-5-12(17)8-13(11)16/h4-5,8-9,14,18H,3,6-7H2,1-2H3. The van der Waals surface area contributed by atoms with E-state index in [0.29, 0.717) is 0 Å². The molecule has 2 aromatic rings. The van der Waals surface area contributed by atoms with Gasteiger partial charge in [0.2, 0.25) is 0 Å². The first-order valence-corrected chi connectivity index (χ1v) is 8.36. The van der Waals surface area contributed by atoms with E-state index in [2.05, 4.69) is 33.2 Å². The molecule has 1 aromatic heterocycles. The van der Waals surface area contributed by atoms with Gasteiger partial charge in [0.1, 0.15) is 5.82 Å². The Hall–Kier alpha value is -0.780. The zero-order chi connectivity index (χ0) is 14.5. The number of thiazole rings is 1. The maximum atomic E-state index is 13.2. The van der Waals surface area contributed by atoms with Gasteiger partial charge in [-0.1, -0.05) is 28.9 Å². The Bertz CT molecular complexity index is 571. The highest BCUT2D eigenvalue weighted by Gasteiger charge is 2.17. The number of rotatable bonds is 6. The molecule has 108 valence electrons. The van der Waals surface area contributed by atoms with Gasteiger partial charge >= 0.3 is 0 Å². The summed E-state index contributed by atoms with van der Waals surface area (Å²) in [6.45, 7) is 5.14. The molecular formula is C15H18BrFN2S. The summed E-state index contributed by atoms with van der Waals surface area (Å²) in [6, 6.07) is 5.10. The van der Waals surface area contributed by atoms with Crippen molar-refractivity contribution in [1.29, 1.82) is 0 Å². The third-order valence-electron chi connectivity index (χ3n) is 3.18. The summed E-state index contributed by atoms with van der Waals surface area (Å²) >= 11 is 5.12. The minimum Gasteiger partial charge on any atom is -0.309 e. The SMILES string of the molecule is CCCNC(Cc1ccc(F)cc1Br)c1scnc1C. The molecule has 0 bridgehead atoms. The number of hydrogen-bond acceptors (Lipinski definition) is 3. The second-order valence-electron chi connectivity index (χ2n) is 4.75. The van der Waals surface area contributed by atoms with Crippen molar-refractivity contribution in [2.24, 2.45) is 0 Å². The molecule has 0 aliphatic rings. The third kappa shape index (κ3) is 3.87. The number of hydrogen-bond donors (Lipinski definition) is 1. The second-order valence-corrected chi connectivity index (χ2v) is 6.49. The van der Waals surface area contributed by atoms with Crippen molar-refractivity contribution in [2.75, 3.05) is 6.54 Å². The van der Waals surface area contributed by atoms with Crippen molar-refractivity contribution in [3.63, 3.8) is 0 Å². The Morgan fingerprint density at radius 1 is 1.45 bits per heavy atom. The van der Waals surface area contributed by atoms with Crippen molar-refractivity contribution in [3.05, 3.63) is 50.1 Å². The van der Waals surface area contributed by atoms with Crippen LogP contribution in [0.1, 0.15) is 35.5 Å². The summed E-state index contributed by atoms with van der Waals surface area (Å²) in [5, 5.41) is 3.56. The largest absolute Gasteiger partial charge is 0.309 e. The first-order chi connectivity index (χ1) is 9.61. The fourth-order valence-electron chi connectivity index (χ4n) is 2.13. The fourth-order valence-corrected chi connectivity index (χ4v) is 3.52. The van der Waals surface area contributed by atoms with Crippen LogP contribution in [0.2, 0.25) is 0 Å². The molecule has 1 aromatic carbocycles. The number of halogens is 2. The zero-order valence-electron chi connectivity index (χ0n) is 11.6. The highest BCUT2D eigenvalue weighted by molar-refractivity contribution is 9.10. The van der Waals surface area contributed by atoms with Gasteiger partial charge in [0.05, 0.1) is 11.2 Å². The Kier molecular flexibility index (Phi) is 5.69. The highest BCUT2D eigenvalue weighted by atomic mass is 79.9. The van der Waals surface area contributed by atoms with E-state index in [1.165, 1.54) is 17.0 Å². The summed E-state index contributed by atoms with van der Waals surface area (Å²) in [5.41, 5.74) is 4.06. The van der Waals surface area contributed by atoms with E-state index in [4.69, 9.17) is 0 Å². The van der Waals surface area contributed by atoms with Gasteiger partial charge in [-0.25, -0.2) is 9.37 Å². The van der Waals surface area contributed by atoms with Crippen LogP contribution in [0, 0.1) is 12.7 Å². The summed E-state index contributed by atoms with van der Waals surface area (Å²) in [5.74, 6) is -0.215. The maximum absolute atomic E-state index is 13.2. The smallest absolute Gasteiger partial charge is 0.124 e. The predicted molar refractivity (Wildman–Crippen MR) is 85.7 cm³/mol. The Balaban J connectivity index is 2.21. The highest BCUT2D eigenvalue weighted by Crippen LogP contribution is 2.28. The number of aryl methyl sites for hydroxylation is 1. The molecule has 2 rings (SSSR count). The monoisotopic (exact) mass is 356 g/mol. The van der Waals surface area contributed by atoms with Gasteiger partial charge in [0.25, 0.3) is 0 Å². The topological polar surface area (TPSA) is 24.9 Å². The van der Waals surface area contributed by atoms with Gasteiger partial charge in [0, 0.05) is 15.4 Å². The van der Waals surface area contributed by atoms with Crippen LogP contribution >= 0.6 is 27.3 Å². The first kappa shape index (κ1) is 15.6. The van der Waals surface area contributed by atoms with Crippen molar-refractivity contribution >= 4 is 27.3 Å². The second kappa shape index (κ2) is 7.29. The lowest BCUT2D eigenvalue weighted by Crippen LogP contribution is -2.24. The molecule has 0 aliphatic carbocycles. The van der Waals surface area contributed by atoms with Crippen LogP contribution in [0.4, 0.5) is 4.39 Å². The molecule has 0 aliphatic heterocycles. The third-order valence-corrected chi connectivity index (χ3v) is 4.96. The van der Waals surface area contributed by atoms with Crippen LogP contribution in [-0.2, 0) is 6.42 Å². The molecule has 1 heterocycles. The molecule has 1 atom stereocenters. The van der Waals surface area contributed by atoms with Crippen molar-refractivity contribution in [1.82, 2.24) is 10.3 Å². The molecule has 5 heteroatoms. The van der Waals surface area contributed by atoms with E-state index >= 15 is 0 Å². The van der Waals surface area contributed by atoms with Crippen molar-refractivity contribution in [3.8, 4) is 0 Å². The zero-order valence-corrected chi connectivity index (χ0v) is 14.0. The van der Waals surface area contributed by atoms with Crippen LogP contribution in [0.3, 0.4) is 0 Å². The van der Waals surface area contributed by atoms with E-state index in [1.54, 1.807) is 11.3 Å². The molecule has 0 saturated carbocycles. The molecule has 0 amide bonds. The minimum absolute atomic E-state index is 0.215. The van der Waals surface area contributed by atoms with Crippen LogP contribution in [-0.4, -0.2) is 11.5 Å². The minimum atomic E-state index is -0.215. The van der Waals surface area contributed by atoms with E-state index in [0.717, 1.165) is 35.1 Å². The lowest BCUT2D eigenvalue weighted by Gasteiger charge is -2.18. The molecule has 0 spiro atoms. The molecule has 0 fully saturated rings. The number of benzene rings is 1. The summed E-state index contributed by atoms with van der Waals surface area (Å²) in [7, 11) is 0. The molecule has 2 nitrogen and oxygen atoms in total. The number of nitrogens with zero attached hydrogens (tertiary/aromatic N) is 1. The van der Waals surface area contributed by atoms with Gasteiger partial charge in [0.15, 0.2) is 0 Å². The Morgan fingerprint density at radius 3 is 2.85 bits per heavy atom. The molecule has 0 radical (unpaired) electrons. The van der Waals surface area contributed by atoms with E-state index < -0.39 is 0 Å². The normalized spacial score (nSPS) is 12.6. The molecule has 0 saturated heterocycles. The van der Waals surface area contributed by atoms with Crippen molar-refractivity contribution in [2.45, 2.75) is 32.7 Å². The quantitative estimate of drug-likeness (QED) is 0.815.